The van der Waals surface area contributed by atoms with Crippen molar-refractivity contribution in [1.82, 2.24) is 5.32 Å². The van der Waals surface area contributed by atoms with Crippen LogP contribution in [0.3, 0.4) is 0 Å². The van der Waals surface area contributed by atoms with Crippen molar-refractivity contribution in [3.63, 3.8) is 0 Å². The molecule has 19 heavy (non-hydrogen) atoms. The first-order valence-corrected chi connectivity index (χ1v) is 6.93. The smallest absolute Gasteiger partial charge is 0.159 e. The van der Waals surface area contributed by atoms with Crippen LogP contribution in [0, 0.1) is 11.6 Å². The topological polar surface area (TPSA) is 21.3 Å². The molecular formula is C15H21F2NO. The van der Waals surface area contributed by atoms with E-state index < -0.39 is 11.6 Å². The number of hydrogen-bond donors (Lipinski definition) is 1. The highest BCUT2D eigenvalue weighted by Gasteiger charge is 2.15. The minimum Gasteiger partial charge on any atom is -0.381 e. The number of ether oxygens (including phenoxy) is 1. The maximum Gasteiger partial charge on any atom is 0.159 e. The lowest BCUT2D eigenvalue weighted by Gasteiger charge is -2.26. The highest BCUT2D eigenvalue weighted by atomic mass is 19.2. The van der Waals surface area contributed by atoms with Crippen molar-refractivity contribution in [2.24, 2.45) is 0 Å². The fourth-order valence-electron chi connectivity index (χ4n) is 2.43. The summed E-state index contributed by atoms with van der Waals surface area (Å²) in [4.78, 5) is 0. The predicted molar refractivity (Wildman–Crippen MR) is 71.1 cm³/mol. The Labute approximate surface area is 113 Å². The van der Waals surface area contributed by atoms with E-state index in [9.17, 15) is 8.78 Å². The molecule has 1 aromatic rings. The molecular weight excluding hydrogens is 248 g/mol. The van der Waals surface area contributed by atoms with Gasteiger partial charge in [-0.15, -0.1) is 0 Å². The third-order valence-corrected chi connectivity index (χ3v) is 3.59. The van der Waals surface area contributed by atoms with E-state index in [4.69, 9.17) is 4.74 Å². The van der Waals surface area contributed by atoms with Crippen LogP contribution in [0.5, 0.6) is 0 Å². The van der Waals surface area contributed by atoms with Gasteiger partial charge in [0.15, 0.2) is 11.6 Å². The first-order valence-electron chi connectivity index (χ1n) is 6.93. The first kappa shape index (κ1) is 14.4. The molecule has 0 radical (unpaired) electrons. The molecule has 0 amide bonds. The normalized spacial score (nSPS) is 18.5. The quantitative estimate of drug-likeness (QED) is 0.887. The molecule has 106 valence electrons. The van der Waals surface area contributed by atoms with E-state index >= 15 is 0 Å². The molecule has 0 unspecified atom stereocenters. The van der Waals surface area contributed by atoms with Crippen LogP contribution in [-0.2, 0) is 11.2 Å². The van der Waals surface area contributed by atoms with Crippen LogP contribution < -0.4 is 5.32 Å². The summed E-state index contributed by atoms with van der Waals surface area (Å²) < 4.78 is 31.2. The molecule has 4 heteroatoms. The van der Waals surface area contributed by atoms with Crippen LogP contribution in [-0.4, -0.2) is 25.3 Å². The van der Waals surface area contributed by atoms with Crippen LogP contribution in [0.25, 0.3) is 0 Å². The summed E-state index contributed by atoms with van der Waals surface area (Å²) in [5.74, 6) is -1.54. The zero-order chi connectivity index (χ0) is 13.7. The van der Waals surface area contributed by atoms with Gasteiger partial charge in [0, 0.05) is 25.3 Å². The predicted octanol–water partition coefficient (Wildman–Crippen LogP) is 3.05. The van der Waals surface area contributed by atoms with E-state index in [1.807, 2.05) is 0 Å². The Bertz CT molecular complexity index is 405. The Morgan fingerprint density at radius 1 is 1.26 bits per heavy atom. The molecule has 1 atom stereocenters. The fraction of sp³-hybridized carbons (Fsp3) is 0.600. The van der Waals surface area contributed by atoms with E-state index in [0.717, 1.165) is 44.5 Å². The summed E-state index contributed by atoms with van der Waals surface area (Å²) in [5, 5.41) is 3.57. The molecule has 1 heterocycles. The summed E-state index contributed by atoms with van der Waals surface area (Å²) in [6, 6.07) is 5.03. The standard InChI is InChI=1S/C15H21F2NO/c1-11(18-13-6-8-19-9-7-13)2-3-12-4-5-14(16)15(17)10-12/h4-5,10-11,13,18H,2-3,6-9H2,1H3/t11-/m0/s1. The van der Waals surface area contributed by atoms with Crippen LogP contribution in [0.4, 0.5) is 8.78 Å². The van der Waals surface area contributed by atoms with Crippen molar-refractivity contribution in [2.75, 3.05) is 13.2 Å². The van der Waals surface area contributed by atoms with Crippen molar-refractivity contribution < 1.29 is 13.5 Å². The number of halogens is 2. The zero-order valence-electron chi connectivity index (χ0n) is 11.3. The zero-order valence-corrected chi connectivity index (χ0v) is 11.3. The van der Waals surface area contributed by atoms with Crippen molar-refractivity contribution in [2.45, 2.75) is 44.7 Å². The average Bonchev–Trinajstić information content (AvgIpc) is 2.41. The van der Waals surface area contributed by atoms with Gasteiger partial charge >= 0.3 is 0 Å². The first-order chi connectivity index (χ1) is 9.15. The van der Waals surface area contributed by atoms with Gasteiger partial charge in [-0.2, -0.15) is 0 Å². The van der Waals surface area contributed by atoms with Crippen LogP contribution in [0.15, 0.2) is 18.2 Å². The van der Waals surface area contributed by atoms with Gasteiger partial charge in [0.2, 0.25) is 0 Å². The lowest BCUT2D eigenvalue weighted by atomic mass is 10.0. The second-order valence-electron chi connectivity index (χ2n) is 5.24. The van der Waals surface area contributed by atoms with Gasteiger partial charge < -0.3 is 10.1 Å². The Balaban J connectivity index is 1.75. The monoisotopic (exact) mass is 269 g/mol. The Morgan fingerprint density at radius 2 is 2.00 bits per heavy atom. The van der Waals surface area contributed by atoms with Gasteiger partial charge in [0.05, 0.1) is 0 Å². The third-order valence-electron chi connectivity index (χ3n) is 3.59. The molecule has 0 bridgehead atoms. The molecule has 0 spiro atoms. The lowest BCUT2D eigenvalue weighted by molar-refractivity contribution is 0.0752. The summed E-state index contributed by atoms with van der Waals surface area (Å²) in [7, 11) is 0. The van der Waals surface area contributed by atoms with Gasteiger partial charge in [0.1, 0.15) is 0 Å². The van der Waals surface area contributed by atoms with Crippen LogP contribution >= 0.6 is 0 Å². The highest BCUT2D eigenvalue weighted by Crippen LogP contribution is 2.13. The van der Waals surface area contributed by atoms with Crippen LogP contribution in [0.1, 0.15) is 31.7 Å². The molecule has 2 rings (SSSR count). The molecule has 1 aliphatic rings. The maximum absolute atomic E-state index is 13.1. The minimum atomic E-state index is -0.780. The second kappa shape index (κ2) is 6.96. The van der Waals surface area contributed by atoms with E-state index in [-0.39, 0.29) is 0 Å². The maximum atomic E-state index is 13.1. The molecule has 1 aromatic carbocycles. The van der Waals surface area contributed by atoms with Crippen molar-refractivity contribution in [3.8, 4) is 0 Å². The SMILES string of the molecule is C[C@@H](CCc1ccc(F)c(F)c1)NC1CCOCC1. The molecule has 1 N–H and O–H groups in total. The van der Waals surface area contributed by atoms with Gasteiger partial charge in [-0.3, -0.25) is 0 Å². The molecule has 1 aliphatic heterocycles. The number of hydrogen-bond acceptors (Lipinski definition) is 2. The van der Waals surface area contributed by atoms with E-state index in [1.165, 1.54) is 12.1 Å². The van der Waals surface area contributed by atoms with E-state index in [2.05, 4.69) is 12.2 Å². The Morgan fingerprint density at radius 3 is 2.68 bits per heavy atom. The van der Waals surface area contributed by atoms with Crippen molar-refractivity contribution >= 4 is 0 Å². The number of aryl methyl sites for hydroxylation is 1. The summed E-state index contributed by atoms with van der Waals surface area (Å²) in [6.45, 7) is 3.79. The molecule has 0 aliphatic carbocycles. The Kier molecular flexibility index (Phi) is 5.28. The van der Waals surface area contributed by atoms with Gasteiger partial charge in [-0.25, -0.2) is 8.78 Å². The van der Waals surface area contributed by atoms with Gasteiger partial charge in [-0.05, 0) is 50.3 Å². The summed E-state index contributed by atoms with van der Waals surface area (Å²) in [6.07, 6.45) is 3.78. The second-order valence-corrected chi connectivity index (χ2v) is 5.24. The molecule has 0 saturated carbocycles. The Hall–Kier alpha value is -1.00. The summed E-state index contributed by atoms with van der Waals surface area (Å²) >= 11 is 0. The number of nitrogens with one attached hydrogen (secondary N) is 1. The van der Waals surface area contributed by atoms with Crippen molar-refractivity contribution in [1.29, 1.82) is 0 Å². The molecule has 2 nitrogen and oxygen atoms in total. The minimum absolute atomic E-state index is 0.371. The van der Waals surface area contributed by atoms with E-state index in [1.54, 1.807) is 6.07 Å². The lowest BCUT2D eigenvalue weighted by Crippen LogP contribution is -2.40. The van der Waals surface area contributed by atoms with Crippen LogP contribution in [0.2, 0.25) is 0 Å². The molecule has 1 fully saturated rings. The van der Waals surface area contributed by atoms with Gasteiger partial charge in [-0.1, -0.05) is 6.07 Å². The van der Waals surface area contributed by atoms with E-state index in [0.29, 0.717) is 12.1 Å². The number of rotatable bonds is 5. The molecule has 0 aromatic heterocycles. The number of benzene rings is 1. The van der Waals surface area contributed by atoms with Gasteiger partial charge in [0.25, 0.3) is 0 Å². The highest BCUT2D eigenvalue weighted by molar-refractivity contribution is 5.17. The average molecular weight is 269 g/mol. The summed E-state index contributed by atoms with van der Waals surface area (Å²) in [5.41, 5.74) is 0.847. The molecule has 1 saturated heterocycles. The largest absolute Gasteiger partial charge is 0.381 e. The third kappa shape index (κ3) is 4.55. The van der Waals surface area contributed by atoms with Crippen molar-refractivity contribution in [3.05, 3.63) is 35.4 Å². The fourth-order valence-corrected chi connectivity index (χ4v) is 2.43.